The number of benzene rings is 1. The van der Waals surface area contributed by atoms with Crippen molar-refractivity contribution in [2.45, 2.75) is 24.4 Å². The van der Waals surface area contributed by atoms with Gasteiger partial charge in [0.05, 0.1) is 12.7 Å². The van der Waals surface area contributed by atoms with E-state index in [9.17, 15) is 5.11 Å². The maximum absolute atomic E-state index is 10.8. The minimum absolute atomic E-state index is 0.195. The van der Waals surface area contributed by atoms with Crippen LogP contribution in [-0.4, -0.2) is 24.1 Å². The Morgan fingerprint density at radius 1 is 1.55 bits per heavy atom. The summed E-state index contributed by atoms with van der Waals surface area (Å²) >= 11 is 1.59. The van der Waals surface area contributed by atoms with Crippen molar-refractivity contribution in [2.75, 3.05) is 13.4 Å². The maximum Gasteiger partial charge on any atom is 0.122 e. The number of hydrogen-bond donors (Lipinski definition) is 1. The molecule has 1 aliphatic carbocycles. The molecule has 2 rings (SSSR count). The van der Waals surface area contributed by atoms with Crippen LogP contribution in [0.25, 0.3) is 0 Å². The van der Waals surface area contributed by atoms with Crippen molar-refractivity contribution in [1.29, 1.82) is 0 Å². The molecule has 1 N–H and O–H groups in total. The van der Waals surface area contributed by atoms with Crippen molar-refractivity contribution >= 4 is 11.8 Å². The second kappa shape index (κ2) is 6.06. The fourth-order valence-electron chi connectivity index (χ4n) is 2.81. The summed E-state index contributed by atoms with van der Waals surface area (Å²) in [5, 5.41) is 10.8. The zero-order valence-corrected chi connectivity index (χ0v) is 13.0. The zero-order valence-electron chi connectivity index (χ0n) is 12.1. The Labute approximate surface area is 125 Å². The molecule has 0 amide bonds. The van der Waals surface area contributed by atoms with Gasteiger partial charge in [-0.05, 0) is 41.0 Å². The highest BCUT2D eigenvalue weighted by Gasteiger charge is 2.51. The molecule has 108 valence electrons. The van der Waals surface area contributed by atoms with E-state index in [1.54, 1.807) is 24.9 Å². The van der Waals surface area contributed by atoms with Crippen LogP contribution in [0.4, 0.5) is 0 Å². The third-order valence-corrected chi connectivity index (χ3v) is 4.82. The van der Waals surface area contributed by atoms with Crippen molar-refractivity contribution in [2.24, 2.45) is 5.92 Å². The highest BCUT2D eigenvalue weighted by molar-refractivity contribution is 8.02. The second-order valence-corrected chi connectivity index (χ2v) is 6.29. The van der Waals surface area contributed by atoms with E-state index in [1.807, 2.05) is 24.5 Å². The molecule has 3 unspecified atom stereocenters. The number of hydrogen-bond acceptors (Lipinski definition) is 3. The number of aliphatic hydroxyl groups is 1. The lowest BCUT2D eigenvalue weighted by Gasteiger charge is -2.25. The van der Waals surface area contributed by atoms with Crippen LogP contribution >= 0.6 is 11.8 Å². The van der Waals surface area contributed by atoms with Crippen LogP contribution in [0, 0.1) is 5.92 Å². The fourth-order valence-corrected chi connectivity index (χ4v) is 3.18. The number of para-hydroxylation sites is 1. The molecule has 1 aliphatic rings. The first-order valence-corrected chi connectivity index (χ1v) is 7.99. The molecule has 1 aromatic carbocycles. The van der Waals surface area contributed by atoms with Gasteiger partial charge in [-0.15, -0.1) is 18.3 Å². The molecule has 2 nitrogen and oxygen atoms in total. The van der Waals surface area contributed by atoms with Gasteiger partial charge in [-0.1, -0.05) is 30.9 Å². The molecule has 1 saturated carbocycles. The lowest BCUT2D eigenvalue weighted by Crippen LogP contribution is -2.29. The van der Waals surface area contributed by atoms with Gasteiger partial charge in [0.15, 0.2) is 0 Å². The molecule has 1 fully saturated rings. The number of rotatable bonds is 7. The van der Waals surface area contributed by atoms with Crippen LogP contribution in [0.15, 0.2) is 48.4 Å². The van der Waals surface area contributed by atoms with Gasteiger partial charge in [0.1, 0.15) is 5.75 Å². The summed E-state index contributed by atoms with van der Waals surface area (Å²) in [6, 6.07) is 8.03. The van der Waals surface area contributed by atoms with Crippen LogP contribution in [0.2, 0.25) is 0 Å². The summed E-state index contributed by atoms with van der Waals surface area (Å²) in [7, 11) is 1.69. The van der Waals surface area contributed by atoms with Crippen molar-refractivity contribution in [3.05, 3.63) is 54.0 Å². The van der Waals surface area contributed by atoms with E-state index in [4.69, 9.17) is 4.74 Å². The van der Waals surface area contributed by atoms with Crippen molar-refractivity contribution < 1.29 is 9.84 Å². The predicted molar refractivity (Wildman–Crippen MR) is 86.3 cm³/mol. The Kier molecular flexibility index (Phi) is 4.61. The predicted octanol–water partition coefficient (Wildman–Crippen LogP) is 3.98. The van der Waals surface area contributed by atoms with Crippen LogP contribution < -0.4 is 4.74 Å². The molecule has 0 aliphatic heterocycles. The minimum atomic E-state index is -0.869. The molecule has 0 heterocycles. The van der Waals surface area contributed by atoms with Gasteiger partial charge >= 0.3 is 0 Å². The van der Waals surface area contributed by atoms with E-state index in [0.717, 1.165) is 17.1 Å². The largest absolute Gasteiger partial charge is 0.496 e. The van der Waals surface area contributed by atoms with Crippen molar-refractivity contribution in [1.82, 2.24) is 0 Å². The summed E-state index contributed by atoms with van der Waals surface area (Å²) in [5.74, 6) is 1.43. The molecule has 20 heavy (non-hydrogen) atoms. The normalized spacial score (nSPS) is 23.8. The molecule has 1 aromatic rings. The lowest BCUT2D eigenvalue weighted by molar-refractivity contribution is 0.0679. The standard InChI is InChI=1S/C17H22O2S/c1-5-17(18,11-12(2)20-4)15-10-14(15)13-8-6-7-9-16(13)19-3/h5-9,14-15,18H,1-2,10-11H2,3-4H3. The van der Waals surface area contributed by atoms with Gasteiger partial charge in [-0.3, -0.25) is 0 Å². The van der Waals surface area contributed by atoms with Crippen molar-refractivity contribution in [3.63, 3.8) is 0 Å². The molecule has 0 aromatic heterocycles. The van der Waals surface area contributed by atoms with Gasteiger partial charge in [-0.2, -0.15) is 0 Å². The first kappa shape index (κ1) is 15.2. The minimum Gasteiger partial charge on any atom is -0.496 e. The van der Waals surface area contributed by atoms with E-state index in [-0.39, 0.29) is 5.92 Å². The number of thioether (sulfide) groups is 1. The Balaban J connectivity index is 2.16. The Bertz CT molecular complexity index is 511. The Hall–Kier alpha value is -1.19. The second-order valence-electron chi connectivity index (χ2n) is 5.31. The van der Waals surface area contributed by atoms with Gasteiger partial charge in [0, 0.05) is 6.42 Å². The van der Waals surface area contributed by atoms with E-state index >= 15 is 0 Å². The smallest absolute Gasteiger partial charge is 0.122 e. The van der Waals surface area contributed by atoms with E-state index < -0.39 is 5.60 Å². The van der Waals surface area contributed by atoms with Crippen LogP contribution in [0.3, 0.4) is 0 Å². The van der Waals surface area contributed by atoms with E-state index in [1.165, 1.54) is 5.56 Å². The monoisotopic (exact) mass is 290 g/mol. The highest BCUT2D eigenvalue weighted by Crippen LogP contribution is 2.57. The van der Waals surface area contributed by atoms with Crippen LogP contribution in [0.1, 0.15) is 24.3 Å². The molecule has 0 spiro atoms. The Morgan fingerprint density at radius 2 is 2.25 bits per heavy atom. The molecule has 3 heteroatoms. The van der Waals surface area contributed by atoms with E-state index in [2.05, 4.69) is 19.2 Å². The molecular formula is C17H22O2S. The highest BCUT2D eigenvalue weighted by atomic mass is 32.2. The molecule has 0 bridgehead atoms. The van der Waals surface area contributed by atoms with Gasteiger partial charge in [0.25, 0.3) is 0 Å². The van der Waals surface area contributed by atoms with Crippen molar-refractivity contribution in [3.8, 4) is 5.75 Å². The molecule has 0 radical (unpaired) electrons. The first-order valence-electron chi connectivity index (χ1n) is 6.76. The summed E-state index contributed by atoms with van der Waals surface area (Å²) in [4.78, 5) is 0.984. The molecular weight excluding hydrogens is 268 g/mol. The number of methoxy groups -OCH3 is 1. The first-order chi connectivity index (χ1) is 9.55. The molecule has 3 atom stereocenters. The quantitative estimate of drug-likeness (QED) is 0.770. The average molecular weight is 290 g/mol. The topological polar surface area (TPSA) is 29.5 Å². The van der Waals surface area contributed by atoms with Gasteiger partial charge in [-0.25, -0.2) is 0 Å². The SMILES string of the molecule is C=CC(O)(CC(=C)SC)C1CC1c1ccccc1OC. The van der Waals surface area contributed by atoms with Gasteiger partial charge < -0.3 is 9.84 Å². The summed E-state index contributed by atoms with van der Waals surface area (Å²) in [6.45, 7) is 7.80. The Morgan fingerprint density at radius 3 is 2.85 bits per heavy atom. The summed E-state index contributed by atoms with van der Waals surface area (Å²) in [6.07, 6.45) is 5.18. The van der Waals surface area contributed by atoms with Crippen LogP contribution in [-0.2, 0) is 0 Å². The third kappa shape index (κ3) is 2.94. The van der Waals surface area contributed by atoms with E-state index in [0.29, 0.717) is 12.3 Å². The fraction of sp³-hybridized carbons (Fsp3) is 0.412. The molecule has 0 saturated heterocycles. The summed E-state index contributed by atoms with van der Waals surface area (Å²) in [5.41, 5.74) is 0.307. The number of ether oxygens (including phenoxy) is 1. The average Bonchev–Trinajstić information content (AvgIpc) is 3.27. The maximum atomic E-state index is 10.8. The van der Waals surface area contributed by atoms with Gasteiger partial charge in [0.2, 0.25) is 0 Å². The zero-order chi connectivity index (χ0) is 14.8. The summed E-state index contributed by atoms with van der Waals surface area (Å²) < 4.78 is 5.41. The van der Waals surface area contributed by atoms with Crippen LogP contribution in [0.5, 0.6) is 5.75 Å². The third-order valence-electron chi connectivity index (χ3n) is 4.09. The lowest BCUT2D eigenvalue weighted by atomic mass is 9.90.